The highest BCUT2D eigenvalue weighted by molar-refractivity contribution is 5.85. The van der Waals surface area contributed by atoms with E-state index in [9.17, 15) is 9.18 Å². The van der Waals surface area contributed by atoms with Gasteiger partial charge in [-0.3, -0.25) is 4.79 Å². The molecule has 0 saturated carbocycles. The molecule has 0 fully saturated rings. The minimum absolute atomic E-state index is 0. The second-order valence-corrected chi connectivity index (χ2v) is 3.93. The molecule has 1 aromatic rings. The molecule has 0 aliphatic heterocycles. The molecule has 19 heavy (non-hydrogen) atoms. The van der Waals surface area contributed by atoms with Crippen LogP contribution in [0.2, 0.25) is 0 Å². The smallest absolute Gasteiger partial charge is 0.221 e. The Morgan fingerprint density at radius 3 is 2.53 bits per heavy atom. The number of halogens is 2. The predicted molar refractivity (Wildman–Crippen MR) is 75.0 cm³/mol. The minimum Gasteiger partial charge on any atom is -0.375 e. The van der Waals surface area contributed by atoms with Crippen LogP contribution < -0.4 is 10.6 Å². The molecule has 1 aromatic carbocycles. The summed E-state index contributed by atoms with van der Waals surface area (Å²) in [6, 6.07) is 6.07. The number of methoxy groups -OCH3 is 1. The number of rotatable bonds is 7. The van der Waals surface area contributed by atoms with Gasteiger partial charge in [-0.2, -0.15) is 0 Å². The molecule has 0 bridgehead atoms. The van der Waals surface area contributed by atoms with Gasteiger partial charge in [0.05, 0.1) is 6.10 Å². The molecule has 0 aromatic heterocycles. The van der Waals surface area contributed by atoms with Crippen LogP contribution in [0.4, 0.5) is 4.39 Å². The minimum atomic E-state index is -0.286. The van der Waals surface area contributed by atoms with E-state index in [1.165, 1.54) is 12.1 Å². The van der Waals surface area contributed by atoms with E-state index in [2.05, 4.69) is 10.6 Å². The van der Waals surface area contributed by atoms with Crippen molar-refractivity contribution in [3.8, 4) is 0 Å². The van der Waals surface area contributed by atoms with Crippen LogP contribution in [0.3, 0.4) is 0 Å². The third-order valence-electron chi connectivity index (χ3n) is 2.61. The van der Waals surface area contributed by atoms with Crippen LogP contribution in [0.5, 0.6) is 0 Å². The van der Waals surface area contributed by atoms with Crippen molar-refractivity contribution in [3.63, 3.8) is 0 Å². The Balaban J connectivity index is 0.00000324. The van der Waals surface area contributed by atoms with Gasteiger partial charge in [0.15, 0.2) is 0 Å². The lowest BCUT2D eigenvalue weighted by molar-refractivity contribution is -0.121. The molecule has 0 heterocycles. The van der Waals surface area contributed by atoms with Gasteiger partial charge in [-0.1, -0.05) is 12.1 Å². The summed E-state index contributed by atoms with van der Waals surface area (Å²) in [6.07, 6.45) is 0.167. The van der Waals surface area contributed by atoms with Gasteiger partial charge in [0.25, 0.3) is 0 Å². The molecule has 1 atom stereocenters. The van der Waals surface area contributed by atoms with Gasteiger partial charge in [-0.15, -0.1) is 12.4 Å². The number of amides is 1. The fourth-order valence-corrected chi connectivity index (χ4v) is 1.55. The van der Waals surface area contributed by atoms with E-state index in [-0.39, 0.29) is 30.2 Å². The summed E-state index contributed by atoms with van der Waals surface area (Å²) in [5, 5.41) is 5.69. The SMILES string of the molecule is CNCCC(=O)NCC(OC)c1ccc(F)cc1.Cl. The Labute approximate surface area is 119 Å². The van der Waals surface area contributed by atoms with Crippen LogP contribution in [0.15, 0.2) is 24.3 Å². The Bertz CT molecular complexity index is 373. The van der Waals surface area contributed by atoms with Crippen LogP contribution in [0.25, 0.3) is 0 Å². The van der Waals surface area contributed by atoms with Crippen molar-refractivity contribution in [1.82, 2.24) is 10.6 Å². The zero-order valence-corrected chi connectivity index (χ0v) is 11.9. The maximum Gasteiger partial charge on any atom is 0.221 e. The first-order chi connectivity index (χ1) is 8.67. The summed E-state index contributed by atoms with van der Waals surface area (Å²) in [5.74, 6) is -0.319. The van der Waals surface area contributed by atoms with Gasteiger partial charge < -0.3 is 15.4 Å². The zero-order chi connectivity index (χ0) is 13.4. The third kappa shape index (κ3) is 6.52. The number of hydrogen-bond donors (Lipinski definition) is 2. The Hall–Kier alpha value is -1.17. The van der Waals surface area contributed by atoms with Gasteiger partial charge in [-0.25, -0.2) is 4.39 Å². The van der Waals surface area contributed by atoms with E-state index in [1.54, 1.807) is 26.3 Å². The van der Waals surface area contributed by atoms with Crippen molar-refractivity contribution < 1.29 is 13.9 Å². The summed E-state index contributed by atoms with van der Waals surface area (Å²) in [7, 11) is 3.36. The highest BCUT2D eigenvalue weighted by Gasteiger charge is 2.11. The summed E-state index contributed by atoms with van der Waals surface area (Å²) < 4.78 is 18.1. The molecule has 1 amide bonds. The van der Waals surface area contributed by atoms with E-state index in [0.29, 0.717) is 19.5 Å². The summed E-state index contributed by atoms with van der Waals surface area (Å²) in [6.45, 7) is 1.02. The number of benzene rings is 1. The van der Waals surface area contributed by atoms with E-state index in [1.807, 2.05) is 0 Å². The second-order valence-electron chi connectivity index (χ2n) is 3.93. The van der Waals surface area contributed by atoms with Crippen molar-refractivity contribution in [2.75, 3.05) is 27.2 Å². The average molecular weight is 291 g/mol. The molecule has 4 nitrogen and oxygen atoms in total. The zero-order valence-electron chi connectivity index (χ0n) is 11.1. The normalized spacial score (nSPS) is 11.5. The third-order valence-corrected chi connectivity index (χ3v) is 2.61. The van der Waals surface area contributed by atoms with Gasteiger partial charge >= 0.3 is 0 Å². The molecular formula is C13H20ClFN2O2. The van der Waals surface area contributed by atoms with Crippen LogP contribution in [0, 0.1) is 5.82 Å². The molecule has 2 N–H and O–H groups in total. The first kappa shape index (κ1) is 17.8. The molecule has 6 heteroatoms. The molecule has 1 rings (SSSR count). The molecule has 1 unspecified atom stereocenters. The lowest BCUT2D eigenvalue weighted by Gasteiger charge is -2.16. The van der Waals surface area contributed by atoms with E-state index < -0.39 is 0 Å². The molecule has 0 saturated heterocycles. The summed E-state index contributed by atoms with van der Waals surface area (Å²) >= 11 is 0. The quantitative estimate of drug-likeness (QED) is 0.803. The molecule has 0 radical (unpaired) electrons. The lowest BCUT2D eigenvalue weighted by atomic mass is 10.1. The van der Waals surface area contributed by atoms with Crippen LogP contribution in [-0.2, 0) is 9.53 Å². The second kappa shape index (κ2) is 9.72. The van der Waals surface area contributed by atoms with Crippen molar-refractivity contribution in [3.05, 3.63) is 35.6 Å². The van der Waals surface area contributed by atoms with Crippen LogP contribution in [0.1, 0.15) is 18.1 Å². The van der Waals surface area contributed by atoms with Crippen molar-refractivity contribution in [1.29, 1.82) is 0 Å². The highest BCUT2D eigenvalue weighted by Crippen LogP contribution is 2.16. The number of ether oxygens (including phenoxy) is 1. The summed E-state index contributed by atoms with van der Waals surface area (Å²) in [4.78, 5) is 11.4. The van der Waals surface area contributed by atoms with Crippen LogP contribution >= 0.6 is 12.4 Å². The van der Waals surface area contributed by atoms with Crippen molar-refractivity contribution in [2.45, 2.75) is 12.5 Å². The van der Waals surface area contributed by atoms with Crippen molar-refractivity contribution >= 4 is 18.3 Å². The maximum atomic E-state index is 12.8. The fourth-order valence-electron chi connectivity index (χ4n) is 1.55. The first-order valence-electron chi connectivity index (χ1n) is 5.87. The number of carbonyl (C=O) groups is 1. The lowest BCUT2D eigenvalue weighted by Crippen LogP contribution is -2.30. The Kier molecular flexibility index (Phi) is 9.12. The molecular weight excluding hydrogens is 271 g/mol. The van der Waals surface area contributed by atoms with Gasteiger partial charge in [-0.05, 0) is 24.7 Å². The Morgan fingerprint density at radius 2 is 2.00 bits per heavy atom. The predicted octanol–water partition coefficient (Wildman–Crippen LogP) is 1.66. The van der Waals surface area contributed by atoms with Gasteiger partial charge in [0.1, 0.15) is 5.82 Å². The average Bonchev–Trinajstić information content (AvgIpc) is 2.39. The van der Waals surface area contributed by atoms with E-state index in [0.717, 1.165) is 5.56 Å². The topological polar surface area (TPSA) is 50.4 Å². The monoisotopic (exact) mass is 290 g/mol. The van der Waals surface area contributed by atoms with Crippen LogP contribution in [-0.4, -0.2) is 33.2 Å². The molecule has 0 aliphatic carbocycles. The highest BCUT2D eigenvalue weighted by atomic mass is 35.5. The maximum absolute atomic E-state index is 12.8. The number of hydrogen-bond acceptors (Lipinski definition) is 3. The summed E-state index contributed by atoms with van der Waals surface area (Å²) in [5.41, 5.74) is 0.841. The molecule has 0 spiro atoms. The van der Waals surface area contributed by atoms with E-state index in [4.69, 9.17) is 4.74 Å². The Morgan fingerprint density at radius 1 is 1.37 bits per heavy atom. The largest absolute Gasteiger partial charge is 0.375 e. The number of carbonyl (C=O) groups excluding carboxylic acids is 1. The molecule has 0 aliphatic rings. The molecule has 108 valence electrons. The standard InChI is InChI=1S/C13H19FN2O2.ClH/c1-15-8-7-13(17)16-9-12(18-2)10-3-5-11(14)6-4-10;/h3-6,12,15H,7-9H2,1-2H3,(H,16,17);1H. The van der Waals surface area contributed by atoms with Gasteiger partial charge in [0, 0.05) is 26.6 Å². The fraction of sp³-hybridized carbons (Fsp3) is 0.462. The first-order valence-corrected chi connectivity index (χ1v) is 5.87. The van der Waals surface area contributed by atoms with Crippen molar-refractivity contribution in [2.24, 2.45) is 0 Å². The van der Waals surface area contributed by atoms with Gasteiger partial charge in [0.2, 0.25) is 5.91 Å². The van der Waals surface area contributed by atoms with E-state index >= 15 is 0 Å². The number of nitrogens with one attached hydrogen (secondary N) is 2.